The predicted molar refractivity (Wildman–Crippen MR) is 196 cm³/mol. The average Bonchev–Trinajstić information content (AvgIpc) is 3.08. The third-order valence-corrected chi connectivity index (χ3v) is 8.84. The third kappa shape index (κ3) is 5.99. The number of benzene rings is 5. The molecule has 2 N–H and O–H groups in total. The first-order chi connectivity index (χ1) is 23.3. The van der Waals surface area contributed by atoms with Gasteiger partial charge in [-0.1, -0.05) is 89.9 Å². The second-order valence-corrected chi connectivity index (χ2v) is 12.3. The van der Waals surface area contributed by atoms with Crippen LogP contribution in [-0.4, -0.2) is 21.8 Å². The molecule has 0 radical (unpaired) electrons. The number of fused-ring (bicyclic) bond motifs is 2. The highest BCUT2D eigenvalue weighted by Crippen LogP contribution is 2.33. The quantitative estimate of drug-likeness (QED) is 0.185. The maximum atomic E-state index is 14.0. The number of hydrogen-bond donors (Lipinski definition) is 2. The maximum Gasteiger partial charge on any atom is 0.256 e. The molecule has 0 aliphatic carbocycles. The summed E-state index contributed by atoms with van der Waals surface area (Å²) in [5, 5.41) is 8.82. The molecule has 2 aromatic heterocycles. The van der Waals surface area contributed by atoms with Gasteiger partial charge in [0.1, 0.15) is 0 Å². The second-order valence-electron chi connectivity index (χ2n) is 11.5. The van der Waals surface area contributed by atoms with Gasteiger partial charge in [0.15, 0.2) is 0 Å². The van der Waals surface area contributed by atoms with E-state index < -0.39 is 0 Å². The minimum atomic E-state index is -0.284. The zero-order valence-corrected chi connectivity index (χ0v) is 27.5. The monoisotopic (exact) mass is 666 g/mol. The number of halogens is 2. The molecule has 0 aliphatic heterocycles. The summed E-state index contributed by atoms with van der Waals surface area (Å²) in [4.78, 5) is 37.7. The molecule has 6 nitrogen and oxygen atoms in total. The summed E-state index contributed by atoms with van der Waals surface area (Å²) in [6.07, 6.45) is 0. The molecule has 2 heterocycles. The fourth-order valence-corrected chi connectivity index (χ4v) is 6.29. The van der Waals surface area contributed by atoms with Gasteiger partial charge in [0.2, 0.25) is 0 Å². The van der Waals surface area contributed by atoms with E-state index in [1.807, 2.05) is 111 Å². The van der Waals surface area contributed by atoms with E-state index in [0.717, 1.165) is 33.0 Å². The SMILES string of the molecule is Cc1c(-c2ccc(Cl)cc2)nc2ccccc2c1C(=O)Nc1cccc(NC(=O)c2c(C)c(-c3ccc(Cl)cc3)nc3ccccc23)c1. The summed E-state index contributed by atoms with van der Waals surface area (Å²) < 4.78 is 0. The molecule has 2 amide bonds. The molecule has 5 aromatic carbocycles. The number of pyridine rings is 2. The van der Waals surface area contributed by atoms with Gasteiger partial charge in [-0.15, -0.1) is 0 Å². The number of nitrogens with zero attached hydrogens (tertiary/aromatic N) is 2. The number of carbonyl (C=O) groups is 2. The zero-order chi connectivity index (χ0) is 33.4. The van der Waals surface area contributed by atoms with Crippen LogP contribution >= 0.6 is 23.2 Å². The lowest BCUT2D eigenvalue weighted by atomic mass is 9.97. The van der Waals surface area contributed by atoms with E-state index in [4.69, 9.17) is 33.2 Å². The van der Waals surface area contributed by atoms with E-state index >= 15 is 0 Å². The fraction of sp³-hybridized carbons (Fsp3) is 0.0500. The van der Waals surface area contributed by atoms with E-state index in [9.17, 15) is 9.59 Å². The van der Waals surface area contributed by atoms with E-state index in [1.54, 1.807) is 24.3 Å². The van der Waals surface area contributed by atoms with Gasteiger partial charge < -0.3 is 10.6 Å². The highest BCUT2D eigenvalue weighted by Gasteiger charge is 2.21. The Morgan fingerprint density at radius 3 is 1.33 bits per heavy atom. The molecule has 234 valence electrons. The molecule has 0 fully saturated rings. The Labute approximate surface area is 287 Å². The number of amides is 2. The van der Waals surface area contributed by atoms with Crippen LogP contribution in [0.3, 0.4) is 0 Å². The predicted octanol–water partition coefficient (Wildman–Crippen LogP) is 10.5. The van der Waals surface area contributed by atoms with Crippen molar-refractivity contribution in [3.8, 4) is 22.5 Å². The van der Waals surface area contributed by atoms with Crippen LogP contribution in [0.25, 0.3) is 44.3 Å². The first kappa shape index (κ1) is 31.1. The fourth-order valence-electron chi connectivity index (χ4n) is 6.04. The lowest BCUT2D eigenvalue weighted by Crippen LogP contribution is -2.17. The minimum Gasteiger partial charge on any atom is -0.322 e. The number of carbonyl (C=O) groups excluding carboxylic acids is 2. The zero-order valence-electron chi connectivity index (χ0n) is 26.0. The Balaban J connectivity index is 1.21. The van der Waals surface area contributed by atoms with Gasteiger partial charge in [-0.2, -0.15) is 0 Å². The van der Waals surface area contributed by atoms with Crippen molar-refractivity contribution in [1.82, 2.24) is 9.97 Å². The summed E-state index contributed by atoms with van der Waals surface area (Å²) >= 11 is 12.3. The standard InChI is InChI=1S/C40H28Cl2N4O2/c1-23-35(31-10-3-5-12-33(31)45-37(23)25-14-18-27(41)19-15-25)39(47)43-29-8-7-9-30(22-29)44-40(48)36-24(2)38(26-16-20-28(42)21-17-26)46-34-13-6-4-11-32(34)36/h3-22H,1-2H3,(H,43,47)(H,44,48). The smallest absolute Gasteiger partial charge is 0.256 e. The van der Waals surface area contributed by atoms with Crippen molar-refractivity contribution in [2.75, 3.05) is 10.6 Å². The lowest BCUT2D eigenvalue weighted by Gasteiger charge is -2.16. The third-order valence-electron chi connectivity index (χ3n) is 8.34. The number of aromatic nitrogens is 2. The van der Waals surface area contributed by atoms with Gasteiger partial charge in [0, 0.05) is 43.3 Å². The highest BCUT2D eigenvalue weighted by atomic mass is 35.5. The number of para-hydroxylation sites is 2. The molecule has 0 spiro atoms. The maximum absolute atomic E-state index is 14.0. The van der Waals surface area contributed by atoms with Crippen LogP contribution < -0.4 is 10.6 Å². The number of hydrogen-bond acceptors (Lipinski definition) is 4. The number of anilines is 2. The van der Waals surface area contributed by atoms with Gasteiger partial charge in [0.25, 0.3) is 11.8 Å². The van der Waals surface area contributed by atoms with Crippen molar-refractivity contribution in [1.29, 1.82) is 0 Å². The molecule has 7 rings (SSSR count). The lowest BCUT2D eigenvalue weighted by molar-refractivity contribution is 0.102. The first-order valence-corrected chi connectivity index (χ1v) is 16.1. The molecule has 48 heavy (non-hydrogen) atoms. The number of rotatable bonds is 6. The minimum absolute atomic E-state index is 0.284. The van der Waals surface area contributed by atoms with Crippen LogP contribution in [0.15, 0.2) is 121 Å². The van der Waals surface area contributed by atoms with Crippen molar-refractivity contribution < 1.29 is 9.59 Å². The van der Waals surface area contributed by atoms with E-state index in [0.29, 0.717) is 55.0 Å². The molecule has 0 saturated heterocycles. The van der Waals surface area contributed by atoms with Gasteiger partial charge in [-0.05, 0) is 79.6 Å². The normalized spacial score (nSPS) is 11.1. The van der Waals surface area contributed by atoms with Crippen LogP contribution in [-0.2, 0) is 0 Å². The molecular weight excluding hydrogens is 639 g/mol. The Kier molecular flexibility index (Phi) is 8.36. The van der Waals surface area contributed by atoms with Crippen LogP contribution in [0, 0.1) is 13.8 Å². The summed E-state index contributed by atoms with van der Waals surface area (Å²) in [6.45, 7) is 3.79. The van der Waals surface area contributed by atoms with Crippen molar-refractivity contribution in [2.45, 2.75) is 13.8 Å². The van der Waals surface area contributed by atoms with E-state index in [1.165, 1.54) is 0 Å². The highest BCUT2D eigenvalue weighted by molar-refractivity contribution is 6.31. The molecule has 0 unspecified atom stereocenters. The van der Waals surface area contributed by atoms with Crippen molar-refractivity contribution in [3.05, 3.63) is 154 Å². The molecule has 7 aromatic rings. The molecule has 0 aliphatic rings. The van der Waals surface area contributed by atoms with Gasteiger partial charge in [-0.3, -0.25) is 9.59 Å². The van der Waals surface area contributed by atoms with Crippen molar-refractivity contribution in [3.63, 3.8) is 0 Å². The van der Waals surface area contributed by atoms with Crippen molar-refractivity contribution in [2.24, 2.45) is 0 Å². The van der Waals surface area contributed by atoms with Gasteiger partial charge in [-0.25, -0.2) is 9.97 Å². The molecule has 0 bridgehead atoms. The molecule has 0 atom stereocenters. The Morgan fingerprint density at radius 2 is 0.917 bits per heavy atom. The second kappa shape index (κ2) is 12.9. The summed E-state index contributed by atoms with van der Waals surface area (Å²) in [5.74, 6) is -0.568. The van der Waals surface area contributed by atoms with Crippen LogP contribution in [0.4, 0.5) is 11.4 Å². The van der Waals surface area contributed by atoms with Crippen LogP contribution in [0.2, 0.25) is 10.0 Å². The Morgan fingerprint density at radius 1 is 0.521 bits per heavy atom. The molecular formula is C40H28Cl2N4O2. The van der Waals surface area contributed by atoms with E-state index in [2.05, 4.69) is 10.6 Å². The van der Waals surface area contributed by atoms with Gasteiger partial charge >= 0.3 is 0 Å². The van der Waals surface area contributed by atoms with Crippen LogP contribution in [0.5, 0.6) is 0 Å². The van der Waals surface area contributed by atoms with Crippen LogP contribution in [0.1, 0.15) is 31.8 Å². The largest absolute Gasteiger partial charge is 0.322 e. The topological polar surface area (TPSA) is 84.0 Å². The van der Waals surface area contributed by atoms with Gasteiger partial charge in [0.05, 0.1) is 33.5 Å². The molecule has 8 heteroatoms. The summed E-state index contributed by atoms with van der Waals surface area (Å²) in [7, 11) is 0. The summed E-state index contributed by atoms with van der Waals surface area (Å²) in [5.41, 5.74) is 8.14. The first-order valence-electron chi connectivity index (χ1n) is 15.3. The summed E-state index contributed by atoms with van der Waals surface area (Å²) in [6, 6.07) is 37.1. The Bertz CT molecular complexity index is 2210. The molecule has 0 saturated carbocycles. The van der Waals surface area contributed by atoms with E-state index in [-0.39, 0.29) is 11.8 Å². The van der Waals surface area contributed by atoms with Crippen molar-refractivity contribution >= 4 is 68.2 Å². The average molecular weight is 668 g/mol. The number of nitrogens with one attached hydrogen (secondary N) is 2. The Hall–Kier alpha value is -5.56.